The zero-order valence-corrected chi connectivity index (χ0v) is 13.1. The molecule has 4 nitrogen and oxygen atoms in total. The van der Waals surface area contributed by atoms with Crippen molar-refractivity contribution in [1.82, 2.24) is 9.88 Å². The highest BCUT2D eigenvalue weighted by Gasteiger charge is 2.33. The van der Waals surface area contributed by atoms with Crippen LogP contribution in [0, 0.1) is 0 Å². The molecule has 1 saturated carbocycles. The number of nitrogens with zero attached hydrogens (tertiary/aromatic N) is 2. The number of pyridine rings is 1. The second-order valence-corrected chi connectivity index (χ2v) is 6.21. The van der Waals surface area contributed by atoms with Crippen LogP contribution in [-0.2, 0) is 6.54 Å². The summed E-state index contributed by atoms with van der Waals surface area (Å²) in [5.74, 6) is 0.0299. The zero-order chi connectivity index (χ0) is 14.8. The minimum Gasteiger partial charge on any atom is -0.399 e. The first-order valence-corrected chi connectivity index (χ1v) is 7.69. The predicted octanol–water partition coefficient (Wildman–Crippen LogP) is 3.23. The number of amides is 1. The second kappa shape index (κ2) is 5.85. The monoisotopic (exact) mass is 345 g/mol. The number of nitrogen functional groups attached to an aromatic ring is 1. The molecule has 0 aliphatic heterocycles. The van der Waals surface area contributed by atoms with Gasteiger partial charge < -0.3 is 10.6 Å². The van der Waals surface area contributed by atoms with Crippen molar-refractivity contribution in [3.8, 4) is 0 Å². The number of benzene rings is 1. The smallest absolute Gasteiger partial charge is 0.254 e. The Morgan fingerprint density at radius 3 is 2.62 bits per heavy atom. The van der Waals surface area contributed by atoms with Gasteiger partial charge >= 0.3 is 0 Å². The molecule has 1 aromatic carbocycles. The molecule has 0 unspecified atom stereocenters. The van der Waals surface area contributed by atoms with Crippen molar-refractivity contribution in [3.05, 3.63) is 58.3 Å². The predicted molar refractivity (Wildman–Crippen MR) is 85.7 cm³/mol. The molecule has 0 bridgehead atoms. The van der Waals surface area contributed by atoms with Crippen LogP contribution in [0.15, 0.2) is 47.2 Å². The van der Waals surface area contributed by atoms with Crippen molar-refractivity contribution < 1.29 is 4.79 Å². The molecule has 3 rings (SSSR count). The molecule has 0 radical (unpaired) electrons. The van der Waals surface area contributed by atoms with Gasteiger partial charge in [-0.3, -0.25) is 9.78 Å². The average Bonchev–Trinajstić information content (AvgIpc) is 3.29. The molecule has 5 heteroatoms. The van der Waals surface area contributed by atoms with Gasteiger partial charge in [0, 0.05) is 40.7 Å². The summed E-state index contributed by atoms with van der Waals surface area (Å²) in [7, 11) is 0. The lowest BCUT2D eigenvalue weighted by Crippen LogP contribution is -2.32. The van der Waals surface area contributed by atoms with Crippen LogP contribution in [0.2, 0.25) is 0 Å². The van der Waals surface area contributed by atoms with Crippen molar-refractivity contribution in [3.63, 3.8) is 0 Å². The maximum atomic E-state index is 12.8. The topological polar surface area (TPSA) is 59.2 Å². The van der Waals surface area contributed by atoms with E-state index in [4.69, 9.17) is 5.73 Å². The van der Waals surface area contributed by atoms with E-state index in [2.05, 4.69) is 20.9 Å². The number of hydrogen-bond donors (Lipinski definition) is 1. The van der Waals surface area contributed by atoms with Crippen LogP contribution in [0.25, 0.3) is 0 Å². The Balaban J connectivity index is 1.85. The van der Waals surface area contributed by atoms with Gasteiger partial charge in [0.1, 0.15) is 0 Å². The number of hydrogen-bond acceptors (Lipinski definition) is 3. The lowest BCUT2D eigenvalue weighted by Gasteiger charge is -2.23. The highest BCUT2D eigenvalue weighted by atomic mass is 79.9. The van der Waals surface area contributed by atoms with Gasteiger partial charge in [-0.1, -0.05) is 15.9 Å². The molecule has 1 aliphatic rings. The highest BCUT2D eigenvalue weighted by molar-refractivity contribution is 9.10. The summed E-state index contributed by atoms with van der Waals surface area (Å²) >= 11 is 3.39. The van der Waals surface area contributed by atoms with Gasteiger partial charge in [0.2, 0.25) is 0 Å². The Labute approximate surface area is 132 Å². The van der Waals surface area contributed by atoms with Crippen molar-refractivity contribution in [2.24, 2.45) is 0 Å². The standard InChI is InChI=1S/C16H16BrN3O/c17-13-7-12(8-14(18)9-13)16(21)20(15-1-2-15)10-11-3-5-19-6-4-11/h3-9,15H,1-2,10,18H2. The summed E-state index contributed by atoms with van der Waals surface area (Å²) in [6, 6.07) is 9.57. The SMILES string of the molecule is Nc1cc(Br)cc(C(=O)N(Cc2ccncc2)C2CC2)c1. The molecule has 0 saturated heterocycles. The van der Waals surface area contributed by atoms with E-state index in [0.717, 1.165) is 22.9 Å². The van der Waals surface area contributed by atoms with E-state index in [-0.39, 0.29) is 5.91 Å². The molecule has 1 fully saturated rings. The van der Waals surface area contributed by atoms with Crippen LogP contribution in [0.4, 0.5) is 5.69 Å². The Hall–Kier alpha value is -1.88. The van der Waals surface area contributed by atoms with E-state index in [1.807, 2.05) is 23.1 Å². The minimum atomic E-state index is 0.0299. The van der Waals surface area contributed by atoms with E-state index in [1.54, 1.807) is 24.5 Å². The average molecular weight is 346 g/mol. The highest BCUT2D eigenvalue weighted by Crippen LogP contribution is 2.30. The van der Waals surface area contributed by atoms with E-state index in [0.29, 0.717) is 23.8 Å². The normalized spacial score (nSPS) is 14.0. The van der Waals surface area contributed by atoms with Crippen molar-refractivity contribution in [2.45, 2.75) is 25.4 Å². The Kier molecular flexibility index (Phi) is 3.92. The molecular weight excluding hydrogens is 330 g/mol. The fourth-order valence-corrected chi connectivity index (χ4v) is 2.85. The Morgan fingerprint density at radius 2 is 2.00 bits per heavy atom. The van der Waals surface area contributed by atoms with Gasteiger partial charge in [-0.2, -0.15) is 0 Å². The van der Waals surface area contributed by atoms with Gasteiger partial charge in [0.05, 0.1) is 0 Å². The number of anilines is 1. The third-order valence-electron chi connectivity index (χ3n) is 3.52. The third-order valence-corrected chi connectivity index (χ3v) is 3.98. The first-order valence-electron chi connectivity index (χ1n) is 6.89. The molecule has 108 valence electrons. The van der Waals surface area contributed by atoms with E-state index in [1.165, 1.54) is 0 Å². The first-order chi connectivity index (χ1) is 10.1. The molecule has 1 aromatic heterocycles. The van der Waals surface area contributed by atoms with E-state index in [9.17, 15) is 4.79 Å². The summed E-state index contributed by atoms with van der Waals surface area (Å²) in [6.45, 7) is 0.610. The summed E-state index contributed by atoms with van der Waals surface area (Å²) in [5, 5.41) is 0. The third kappa shape index (κ3) is 3.42. The maximum absolute atomic E-state index is 12.8. The molecule has 21 heavy (non-hydrogen) atoms. The van der Waals surface area contributed by atoms with E-state index < -0.39 is 0 Å². The van der Waals surface area contributed by atoms with Gasteiger partial charge in [-0.25, -0.2) is 0 Å². The molecule has 1 heterocycles. The second-order valence-electron chi connectivity index (χ2n) is 5.29. The number of nitrogens with two attached hydrogens (primary N) is 1. The van der Waals surface area contributed by atoms with E-state index >= 15 is 0 Å². The van der Waals surface area contributed by atoms with Crippen LogP contribution in [0.5, 0.6) is 0 Å². The fraction of sp³-hybridized carbons (Fsp3) is 0.250. The van der Waals surface area contributed by atoms with Crippen LogP contribution >= 0.6 is 15.9 Å². The molecule has 0 spiro atoms. The Bertz CT molecular complexity index is 636. The summed E-state index contributed by atoms with van der Waals surface area (Å²) < 4.78 is 0.825. The zero-order valence-electron chi connectivity index (χ0n) is 11.5. The Morgan fingerprint density at radius 1 is 1.29 bits per heavy atom. The quantitative estimate of drug-likeness (QED) is 0.865. The van der Waals surface area contributed by atoms with Gasteiger partial charge in [0.25, 0.3) is 5.91 Å². The number of carbonyl (C=O) groups excluding carboxylic acids is 1. The van der Waals surface area contributed by atoms with Crippen LogP contribution in [0.1, 0.15) is 28.8 Å². The van der Waals surface area contributed by atoms with Crippen molar-refractivity contribution >= 4 is 27.5 Å². The first kappa shape index (κ1) is 14.1. The molecule has 2 aromatic rings. The summed E-state index contributed by atoms with van der Waals surface area (Å²) in [5.41, 5.74) is 8.14. The van der Waals surface area contributed by atoms with Crippen LogP contribution in [-0.4, -0.2) is 21.8 Å². The number of rotatable bonds is 4. The minimum absolute atomic E-state index is 0.0299. The summed E-state index contributed by atoms with van der Waals surface area (Å²) in [6.07, 6.45) is 5.64. The lowest BCUT2D eigenvalue weighted by atomic mass is 10.1. The maximum Gasteiger partial charge on any atom is 0.254 e. The van der Waals surface area contributed by atoms with Gasteiger partial charge in [-0.15, -0.1) is 0 Å². The van der Waals surface area contributed by atoms with Crippen LogP contribution < -0.4 is 5.73 Å². The van der Waals surface area contributed by atoms with Crippen LogP contribution in [0.3, 0.4) is 0 Å². The summed E-state index contributed by atoms with van der Waals surface area (Å²) in [4.78, 5) is 18.7. The molecule has 1 amide bonds. The number of aromatic nitrogens is 1. The molecule has 2 N–H and O–H groups in total. The largest absolute Gasteiger partial charge is 0.399 e. The fourth-order valence-electron chi connectivity index (χ4n) is 2.34. The molecular formula is C16H16BrN3O. The van der Waals surface area contributed by atoms with Gasteiger partial charge in [0.15, 0.2) is 0 Å². The lowest BCUT2D eigenvalue weighted by molar-refractivity contribution is 0.0730. The van der Waals surface area contributed by atoms with Crippen molar-refractivity contribution in [2.75, 3.05) is 5.73 Å². The molecule has 1 aliphatic carbocycles. The number of carbonyl (C=O) groups is 1. The number of halogens is 1. The van der Waals surface area contributed by atoms with Gasteiger partial charge in [-0.05, 0) is 48.7 Å². The van der Waals surface area contributed by atoms with Crippen molar-refractivity contribution in [1.29, 1.82) is 0 Å². The molecule has 0 atom stereocenters.